The van der Waals surface area contributed by atoms with Crippen LogP contribution >= 0.6 is 0 Å². The number of anilines is 1. The van der Waals surface area contributed by atoms with Gasteiger partial charge in [-0.15, -0.1) is 0 Å². The van der Waals surface area contributed by atoms with Gasteiger partial charge in [0.05, 0.1) is 29.5 Å². The van der Waals surface area contributed by atoms with Crippen LogP contribution in [-0.4, -0.2) is 21.4 Å². The molecule has 39 heavy (non-hydrogen) atoms. The number of aromatic nitrogens is 2. The first-order valence-electron chi connectivity index (χ1n) is 13.4. The van der Waals surface area contributed by atoms with Crippen molar-refractivity contribution >= 4 is 17.5 Å². The van der Waals surface area contributed by atoms with Gasteiger partial charge in [0.2, 0.25) is 11.8 Å². The van der Waals surface area contributed by atoms with E-state index in [1.165, 1.54) is 4.90 Å². The zero-order valence-electron chi connectivity index (χ0n) is 21.4. The zero-order chi connectivity index (χ0) is 26.4. The van der Waals surface area contributed by atoms with Gasteiger partial charge in [0.1, 0.15) is 5.54 Å². The normalized spacial score (nSPS) is 18.6. The van der Waals surface area contributed by atoms with Crippen molar-refractivity contribution in [2.75, 3.05) is 4.90 Å². The molecule has 2 atom stereocenters. The Balaban J connectivity index is 1.45. The van der Waals surface area contributed by atoms with Gasteiger partial charge in [-0.3, -0.25) is 9.59 Å². The number of hydrogen-bond acceptors (Lipinski definition) is 3. The van der Waals surface area contributed by atoms with Gasteiger partial charge < -0.3 is 4.57 Å². The molecule has 0 radical (unpaired) electrons. The molecule has 2 amide bonds. The maximum Gasteiger partial charge on any atom is 0.243 e. The van der Waals surface area contributed by atoms with Gasteiger partial charge in [-0.2, -0.15) is 0 Å². The predicted molar refractivity (Wildman–Crippen MR) is 150 cm³/mol. The van der Waals surface area contributed by atoms with Crippen LogP contribution in [-0.2, 0) is 21.5 Å². The Kier molecular flexibility index (Phi) is 5.51. The Labute approximate surface area is 227 Å². The minimum Gasteiger partial charge on any atom is -0.316 e. The Morgan fingerprint density at radius 1 is 0.641 bits per heavy atom. The molecule has 1 aliphatic carbocycles. The monoisotopic (exact) mass is 509 g/mol. The molecule has 2 aliphatic rings. The number of carbonyl (C=O) groups excluding carboxylic acids is 2. The number of imide groups is 1. The maximum atomic E-state index is 13.8. The quantitative estimate of drug-likeness (QED) is 0.218. The third kappa shape index (κ3) is 3.43. The smallest absolute Gasteiger partial charge is 0.243 e. The van der Waals surface area contributed by atoms with Crippen LogP contribution in [0.15, 0.2) is 128 Å². The Morgan fingerprint density at radius 2 is 1.13 bits per heavy atom. The number of carbonyl (C=O) groups is 2. The van der Waals surface area contributed by atoms with E-state index in [1.54, 1.807) is 0 Å². The molecule has 190 valence electrons. The molecule has 0 unspecified atom stereocenters. The molecule has 7 rings (SSSR count). The third-order valence-electron chi connectivity index (χ3n) is 8.26. The van der Waals surface area contributed by atoms with Crippen molar-refractivity contribution in [3.63, 3.8) is 0 Å². The topological polar surface area (TPSA) is 55.2 Å². The second-order valence-electron chi connectivity index (χ2n) is 10.2. The minimum atomic E-state index is -0.706. The number of imidazole rings is 1. The summed E-state index contributed by atoms with van der Waals surface area (Å²) in [5.74, 6) is -1.29. The summed E-state index contributed by atoms with van der Waals surface area (Å²) in [5.41, 5.74) is 4.94. The summed E-state index contributed by atoms with van der Waals surface area (Å²) in [5, 5.41) is 0. The van der Waals surface area contributed by atoms with Gasteiger partial charge >= 0.3 is 0 Å². The fraction of sp³-hybridized carbons (Fsp3) is 0.147. The Bertz CT molecular complexity index is 1550. The van der Waals surface area contributed by atoms with E-state index in [1.807, 2.05) is 54.9 Å². The van der Waals surface area contributed by atoms with Gasteiger partial charge in [-0.1, -0.05) is 109 Å². The van der Waals surface area contributed by atoms with Gasteiger partial charge in [0.25, 0.3) is 0 Å². The average Bonchev–Trinajstić information content (AvgIpc) is 3.54. The van der Waals surface area contributed by atoms with Crippen LogP contribution < -0.4 is 4.90 Å². The number of benzene rings is 4. The van der Waals surface area contributed by atoms with E-state index in [2.05, 4.69) is 77.4 Å². The number of para-hydroxylation sites is 1. The number of fused-ring (bicyclic) bond motifs is 3. The minimum absolute atomic E-state index is 0.128. The zero-order valence-corrected chi connectivity index (χ0v) is 21.4. The second kappa shape index (κ2) is 9.21. The first-order chi connectivity index (χ1) is 19.2. The first-order valence-corrected chi connectivity index (χ1v) is 13.4. The summed E-state index contributed by atoms with van der Waals surface area (Å²) in [6, 6.07) is 40.6. The van der Waals surface area contributed by atoms with Crippen LogP contribution in [0.3, 0.4) is 0 Å². The van der Waals surface area contributed by atoms with Crippen molar-refractivity contribution in [1.82, 2.24) is 9.55 Å². The van der Waals surface area contributed by atoms with Gasteiger partial charge in [-0.25, -0.2) is 9.88 Å². The van der Waals surface area contributed by atoms with Crippen LogP contribution in [0.4, 0.5) is 5.69 Å². The summed E-state index contributed by atoms with van der Waals surface area (Å²) < 4.78 is 2.25. The summed E-state index contributed by atoms with van der Waals surface area (Å²) in [7, 11) is 0. The highest BCUT2D eigenvalue weighted by molar-refractivity contribution is 6.23. The number of rotatable bonds is 5. The highest BCUT2D eigenvalue weighted by Crippen LogP contribution is 2.48. The summed E-state index contributed by atoms with van der Waals surface area (Å²) >= 11 is 0. The van der Waals surface area contributed by atoms with Crippen molar-refractivity contribution < 1.29 is 9.59 Å². The van der Waals surface area contributed by atoms with E-state index < -0.39 is 17.4 Å². The molecule has 0 N–H and O–H groups in total. The van der Waals surface area contributed by atoms with Crippen LogP contribution in [0.1, 0.15) is 40.4 Å². The van der Waals surface area contributed by atoms with Crippen LogP contribution in [0.2, 0.25) is 0 Å². The van der Waals surface area contributed by atoms with Crippen molar-refractivity contribution in [3.8, 4) is 0 Å². The second-order valence-corrected chi connectivity index (χ2v) is 10.2. The van der Waals surface area contributed by atoms with E-state index in [9.17, 15) is 9.59 Å². The third-order valence-corrected chi connectivity index (χ3v) is 8.26. The molecular formula is C34H27N3O2. The van der Waals surface area contributed by atoms with E-state index in [-0.39, 0.29) is 11.8 Å². The van der Waals surface area contributed by atoms with Crippen LogP contribution in [0, 0.1) is 5.92 Å². The standard InChI is InChI=1S/C34H27N3O2/c38-32-28-21-22-29-31(30(28)33(39)37(32)27-19-11-4-12-20-27)35-23-36(29)34(24-13-5-1-6-14-24,25-15-7-2-8-16-25)26-17-9-3-10-18-26/h1-20,23,28,30H,21-22H2/t28-,30-/m1/s1. The number of amides is 2. The fourth-order valence-electron chi connectivity index (χ4n) is 6.59. The molecule has 0 saturated carbocycles. The molecule has 1 saturated heterocycles. The van der Waals surface area contributed by atoms with Gasteiger partial charge in [-0.05, 0) is 41.7 Å². The Morgan fingerprint density at radius 3 is 1.64 bits per heavy atom. The molecule has 0 bridgehead atoms. The van der Waals surface area contributed by atoms with E-state index >= 15 is 0 Å². The summed E-state index contributed by atoms with van der Waals surface area (Å²) in [6.45, 7) is 0. The lowest BCUT2D eigenvalue weighted by molar-refractivity contribution is -0.122. The molecule has 4 aromatic carbocycles. The van der Waals surface area contributed by atoms with Crippen LogP contribution in [0.25, 0.3) is 0 Å². The fourth-order valence-corrected chi connectivity index (χ4v) is 6.59. The first kappa shape index (κ1) is 23.4. The summed E-state index contributed by atoms with van der Waals surface area (Å²) in [6.07, 6.45) is 3.14. The molecule has 5 aromatic rings. The van der Waals surface area contributed by atoms with Crippen molar-refractivity contribution in [1.29, 1.82) is 0 Å². The molecule has 5 heteroatoms. The van der Waals surface area contributed by atoms with E-state index in [4.69, 9.17) is 4.98 Å². The molecule has 2 heterocycles. The number of hydrogen-bond donors (Lipinski definition) is 0. The van der Waals surface area contributed by atoms with Crippen molar-refractivity contribution in [3.05, 3.63) is 156 Å². The van der Waals surface area contributed by atoms with Crippen molar-refractivity contribution in [2.24, 2.45) is 5.92 Å². The van der Waals surface area contributed by atoms with E-state index in [0.29, 0.717) is 18.5 Å². The lowest BCUT2D eigenvalue weighted by atomic mass is 9.75. The summed E-state index contributed by atoms with van der Waals surface area (Å²) in [4.78, 5) is 33.6. The molecular weight excluding hydrogens is 482 g/mol. The lowest BCUT2D eigenvalue weighted by Gasteiger charge is -2.39. The predicted octanol–water partition coefficient (Wildman–Crippen LogP) is 5.94. The SMILES string of the molecule is O=C1[C@@H]2CCc3c(ncn3C(c3ccccc3)(c3ccccc3)c3ccccc3)[C@@H]2C(=O)N1c1ccccc1. The molecule has 1 fully saturated rings. The number of nitrogens with zero attached hydrogens (tertiary/aromatic N) is 3. The molecule has 0 spiro atoms. The largest absolute Gasteiger partial charge is 0.316 e. The van der Waals surface area contributed by atoms with Crippen molar-refractivity contribution in [2.45, 2.75) is 24.3 Å². The molecule has 1 aromatic heterocycles. The van der Waals surface area contributed by atoms with Crippen LogP contribution in [0.5, 0.6) is 0 Å². The average molecular weight is 510 g/mol. The molecule has 5 nitrogen and oxygen atoms in total. The Hall–Kier alpha value is -4.77. The lowest BCUT2D eigenvalue weighted by Crippen LogP contribution is -2.39. The van der Waals surface area contributed by atoms with Gasteiger partial charge in [0, 0.05) is 5.69 Å². The van der Waals surface area contributed by atoms with Gasteiger partial charge in [0.15, 0.2) is 0 Å². The highest BCUT2D eigenvalue weighted by atomic mass is 16.2. The maximum absolute atomic E-state index is 13.8. The highest BCUT2D eigenvalue weighted by Gasteiger charge is 2.53. The molecule has 1 aliphatic heterocycles. The van der Waals surface area contributed by atoms with E-state index in [0.717, 1.165) is 28.1 Å².